The molecule has 172 valence electrons. The third kappa shape index (κ3) is 7.36. The third-order valence-corrected chi connectivity index (χ3v) is 5.22. The van der Waals surface area contributed by atoms with Crippen LogP contribution in [0.3, 0.4) is 0 Å². The highest BCUT2D eigenvalue weighted by Crippen LogP contribution is 2.32. The summed E-state index contributed by atoms with van der Waals surface area (Å²) in [7, 11) is 0. The molecule has 2 aliphatic heterocycles. The Balaban J connectivity index is 0.000000220. The number of amides is 2. The number of aliphatic hydroxyl groups is 1. The van der Waals surface area contributed by atoms with Crippen LogP contribution >= 0.6 is 0 Å². The fourth-order valence-corrected chi connectivity index (χ4v) is 3.80. The number of nitrogens with zero attached hydrogens (tertiary/aromatic N) is 1. The van der Waals surface area contributed by atoms with Crippen LogP contribution in [-0.4, -0.2) is 59.5 Å². The molecule has 0 bridgehead atoms. The fraction of sp³-hybridized carbons (Fsp3) is 0.583. The highest BCUT2D eigenvalue weighted by Gasteiger charge is 2.30. The highest BCUT2D eigenvalue weighted by atomic mass is 16.6. The van der Waals surface area contributed by atoms with E-state index in [-0.39, 0.29) is 18.2 Å². The maximum Gasteiger partial charge on any atom is 0.408 e. The number of hydrogen-bond acceptors (Lipinski definition) is 5. The van der Waals surface area contributed by atoms with Gasteiger partial charge in [0.25, 0.3) is 0 Å². The van der Waals surface area contributed by atoms with Crippen molar-refractivity contribution in [2.45, 2.75) is 77.4 Å². The Bertz CT molecular complexity index is 773. The predicted molar refractivity (Wildman–Crippen MR) is 120 cm³/mol. The van der Waals surface area contributed by atoms with Gasteiger partial charge in [0.05, 0.1) is 30.9 Å². The number of alkyl carbamates (subject to hydrolysis) is 1. The van der Waals surface area contributed by atoms with Crippen LogP contribution in [0.5, 0.6) is 0 Å². The highest BCUT2D eigenvalue weighted by molar-refractivity contribution is 5.68. The van der Waals surface area contributed by atoms with E-state index in [0.717, 1.165) is 24.9 Å². The Morgan fingerprint density at radius 1 is 1.35 bits per heavy atom. The topological polar surface area (TPSA) is 88.1 Å². The van der Waals surface area contributed by atoms with Gasteiger partial charge in [-0.25, -0.2) is 4.79 Å². The van der Waals surface area contributed by atoms with Crippen LogP contribution in [0.1, 0.15) is 58.2 Å². The average molecular weight is 433 g/mol. The Hall–Kier alpha value is -2.38. The summed E-state index contributed by atoms with van der Waals surface area (Å²) in [5.74, 6) is 0. The standard InChI is InChI=1S/C13H15NO.C11H21NO4/c1-10(2)13-12-6-4-3-5-11(12)7-8-14(13)9-15;1-7-5-9(13)8(6-15-7)12-10(14)16-11(2,3)4/h3-6,9,13H,1,7-8H2,2H3;7-9,13H,5-6H2,1-4H3,(H,12,14)/t13-;7-,8?,9?/m01/s1. The predicted octanol–water partition coefficient (Wildman–Crippen LogP) is 3.37. The van der Waals surface area contributed by atoms with Gasteiger partial charge in [-0.1, -0.05) is 36.4 Å². The van der Waals surface area contributed by atoms with Crippen molar-refractivity contribution in [3.05, 3.63) is 47.5 Å². The first kappa shape index (κ1) is 24.9. The van der Waals surface area contributed by atoms with Gasteiger partial charge in [0.1, 0.15) is 5.60 Å². The average Bonchev–Trinajstić information content (AvgIpc) is 2.68. The van der Waals surface area contributed by atoms with Gasteiger partial charge >= 0.3 is 6.09 Å². The minimum Gasteiger partial charge on any atom is -0.444 e. The van der Waals surface area contributed by atoms with E-state index in [4.69, 9.17) is 9.47 Å². The van der Waals surface area contributed by atoms with Crippen LogP contribution < -0.4 is 5.32 Å². The molecule has 4 atom stereocenters. The largest absolute Gasteiger partial charge is 0.444 e. The zero-order valence-corrected chi connectivity index (χ0v) is 19.3. The second-order valence-electron chi connectivity index (χ2n) is 9.24. The monoisotopic (exact) mass is 432 g/mol. The first-order valence-corrected chi connectivity index (χ1v) is 10.7. The SMILES string of the molecule is C=C(C)[C@H]1c2ccccc2CCN1C=O.C[C@@H]1CC(O)C(NC(=O)OC(C)(C)C)CO1. The van der Waals surface area contributed by atoms with Crippen LogP contribution in [0.25, 0.3) is 0 Å². The quantitative estimate of drug-likeness (QED) is 0.565. The van der Waals surface area contributed by atoms with Crippen LogP contribution in [0.2, 0.25) is 0 Å². The molecule has 1 saturated heterocycles. The third-order valence-electron chi connectivity index (χ3n) is 5.22. The molecule has 0 aromatic heterocycles. The number of ether oxygens (including phenoxy) is 2. The Labute approximate surface area is 185 Å². The van der Waals surface area contributed by atoms with Gasteiger partial charge in [-0.15, -0.1) is 0 Å². The summed E-state index contributed by atoms with van der Waals surface area (Å²) >= 11 is 0. The zero-order valence-electron chi connectivity index (χ0n) is 19.3. The van der Waals surface area contributed by atoms with Crippen molar-refractivity contribution in [2.75, 3.05) is 13.2 Å². The molecule has 0 saturated carbocycles. The number of carbonyl (C=O) groups is 2. The summed E-state index contributed by atoms with van der Waals surface area (Å²) < 4.78 is 10.5. The molecule has 0 spiro atoms. The maximum absolute atomic E-state index is 11.5. The number of carbonyl (C=O) groups excluding carboxylic acids is 2. The lowest BCUT2D eigenvalue weighted by Gasteiger charge is -2.35. The molecule has 3 rings (SSSR count). The van der Waals surface area contributed by atoms with Crippen molar-refractivity contribution in [3.8, 4) is 0 Å². The molecule has 7 nitrogen and oxygen atoms in total. The molecule has 1 aromatic rings. The molecule has 2 amide bonds. The molecule has 31 heavy (non-hydrogen) atoms. The van der Waals surface area contributed by atoms with Gasteiger partial charge in [-0.2, -0.15) is 0 Å². The lowest BCUT2D eigenvalue weighted by Crippen LogP contribution is -2.52. The van der Waals surface area contributed by atoms with E-state index in [1.165, 1.54) is 11.1 Å². The van der Waals surface area contributed by atoms with E-state index >= 15 is 0 Å². The van der Waals surface area contributed by atoms with E-state index in [1.807, 2.05) is 30.9 Å². The molecule has 1 fully saturated rings. The second-order valence-corrected chi connectivity index (χ2v) is 9.24. The van der Waals surface area contributed by atoms with Gasteiger partial charge < -0.3 is 24.8 Å². The van der Waals surface area contributed by atoms with Crippen molar-refractivity contribution < 1.29 is 24.2 Å². The molecule has 2 N–H and O–H groups in total. The summed E-state index contributed by atoms with van der Waals surface area (Å²) in [6, 6.07) is 7.96. The molecule has 0 radical (unpaired) electrons. The number of fused-ring (bicyclic) bond motifs is 1. The zero-order chi connectivity index (χ0) is 23.2. The lowest BCUT2D eigenvalue weighted by molar-refractivity contribution is -0.120. The molecule has 0 aliphatic carbocycles. The normalized spacial score (nSPS) is 25.4. The summed E-state index contributed by atoms with van der Waals surface area (Å²) in [5.41, 5.74) is 3.05. The van der Waals surface area contributed by atoms with E-state index in [1.54, 1.807) is 20.8 Å². The summed E-state index contributed by atoms with van der Waals surface area (Å²) in [6.45, 7) is 14.3. The van der Waals surface area contributed by atoms with Crippen LogP contribution in [-0.2, 0) is 20.7 Å². The summed E-state index contributed by atoms with van der Waals surface area (Å²) in [4.78, 5) is 24.2. The molecule has 1 aromatic carbocycles. The molecular weight excluding hydrogens is 396 g/mol. The fourth-order valence-electron chi connectivity index (χ4n) is 3.80. The van der Waals surface area contributed by atoms with E-state index in [2.05, 4.69) is 24.0 Å². The minimum atomic E-state index is -0.573. The number of hydrogen-bond donors (Lipinski definition) is 2. The first-order valence-electron chi connectivity index (χ1n) is 10.7. The summed E-state index contributed by atoms with van der Waals surface area (Å²) in [5, 5.41) is 12.3. The number of aliphatic hydroxyl groups excluding tert-OH is 1. The molecule has 2 unspecified atom stereocenters. The van der Waals surface area contributed by atoms with Crippen LogP contribution in [0.4, 0.5) is 4.79 Å². The van der Waals surface area contributed by atoms with Gasteiger partial charge in [-0.05, 0) is 52.2 Å². The van der Waals surface area contributed by atoms with Crippen LogP contribution in [0.15, 0.2) is 36.4 Å². The van der Waals surface area contributed by atoms with Crippen LogP contribution in [0, 0.1) is 0 Å². The molecular formula is C24H36N2O5. The van der Waals surface area contributed by atoms with Crippen molar-refractivity contribution in [3.63, 3.8) is 0 Å². The Kier molecular flexibility index (Phi) is 8.65. The van der Waals surface area contributed by atoms with E-state index in [0.29, 0.717) is 13.0 Å². The minimum absolute atomic E-state index is 0.0340. The van der Waals surface area contributed by atoms with E-state index in [9.17, 15) is 14.7 Å². The molecule has 2 heterocycles. The van der Waals surface area contributed by atoms with Crippen molar-refractivity contribution in [1.82, 2.24) is 10.2 Å². The van der Waals surface area contributed by atoms with Gasteiger partial charge in [0.2, 0.25) is 6.41 Å². The second kappa shape index (κ2) is 10.8. The molecule has 7 heteroatoms. The van der Waals surface area contributed by atoms with Crippen molar-refractivity contribution >= 4 is 12.5 Å². The Morgan fingerprint density at radius 3 is 2.61 bits per heavy atom. The maximum atomic E-state index is 11.5. The number of rotatable bonds is 3. The smallest absolute Gasteiger partial charge is 0.408 e. The van der Waals surface area contributed by atoms with Gasteiger partial charge in [-0.3, -0.25) is 4.79 Å². The number of benzene rings is 1. The lowest BCUT2D eigenvalue weighted by atomic mass is 9.89. The van der Waals surface area contributed by atoms with Crippen molar-refractivity contribution in [2.24, 2.45) is 0 Å². The first-order chi connectivity index (χ1) is 14.5. The van der Waals surface area contributed by atoms with Crippen molar-refractivity contribution in [1.29, 1.82) is 0 Å². The van der Waals surface area contributed by atoms with Gasteiger partial charge in [0, 0.05) is 13.0 Å². The molecule has 2 aliphatic rings. The Morgan fingerprint density at radius 2 is 2.03 bits per heavy atom. The van der Waals surface area contributed by atoms with Gasteiger partial charge in [0.15, 0.2) is 0 Å². The summed E-state index contributed by atoms with van der Waals surface area (Å²) in [6.07, 6.45) is 1.34. The van der Waals surface area contributed by atoms with E-state index < -0.39 is 17.8 Å². The number of nitrogens with one attached hydrogen (secondary N) is 1.